The van der Waals surface area contributed by atoms with Crippen molar-refractivity contribution in [3.63, 3.8) is 0 Å². The molecule has 6 rings (SSSR count). The van der Waals surface area contributed by atoms with Crippen LogP contribution in [-0.4, -0.2) is 21.6 Å². The van der Waals surface area contributed by atoms with Gasteiger partial charge in [-0.2, -0.15) is 18.4 Å². The molecule has 0 unspecified atom stereocenters. The van der Waals surface area contributed by atoms with E-state index in [4.69, 9.17) is 10.3 Å². The fourth-order valence-corrected chi connectivity index (χ4v) is 5.15. The van der Waals surface area contributed by atoms with E-state index in [1.807, 2.05) is 12.1 Å². The maximum atomic E-state index is 15.1. The van der Waals surface area contributed by atoms with Crippen LogP contribution in [0.15, 0.2) is 102 Å². The molecule has 3 aromatic carbocycles. The number of hydrogen-bond donors (Lipinski definition) is 1. The van der Waals surface area contributed by atoms with Gasteiger partial charge in [-0.15, -0.1) is 0 Å². The number of nitriles is 1. The van der Waals surface area contributed by atoms with Crippen molar-refractivity contribution < 1.29 is 18.0 Å². The molecule has 1 amide bonds. The van der Waals surface area contributed by atoms with E-state index in [9.17, 15) is 4.79 Å². The Bertz CT molecular complexity index is 1870. The number of aliphatic imine (C=N–C) groups is 1. The van der Waals surface area contributed by atoms with Crippen molar-refractivity contribution in [1.29, 1.82) is 5.26 Å². The summed E-state index contributed by atoms with van der Waals surface area (Å²) < 4.78 is 45.4. The van der Waals surface area contributed by atoms with E-state index in [1.165, 1.54) is 30.7 Å². The van der Waals surface area contributed by atoms with Crippen LogP contribution in [0.3, 0.4) is 0 Å². The fraction of sp³-hybridized carbons (Fsp3) is 0.147. The molecule has 1 saturated carbocycles. The SMILES string of the molecule is Cc1ccncc1-c1cc2cc(NC(=O)[C@@H]3C[C@H]3C#N)ncc2c(N=C(c2ccccc2)c2ccccc2)c1C(F)(F)F. The highest BCUT2D eigenvalue weighted by atomic mass is 19.4. The molecule has 0 spiro atoms. The van der Waals surface area contributed by atoms with Gasteiger partial charge in [-0.3, -0.25) is 9.78 Å². The smallest absolute Gasteiger partial charge is 0.310 e. The summed E-state index contributed by atoms with van der Waals surface area (Å²) in [7, 11) is 0. The highest BCUT2D eigenvalue weighted by Gasteiger charge is 2.43. The van der Waals surface area contributed by atoms with Gasteiger partial charge in [0.15, 0.2) is 0 Å². The number of hydrogen-bond acceptors (Lipinski definition) is 5. The van der Waals surface area contributed by atoms with Gasteiger partial charge in [0.25, 0.3) is 0 Å². The third-order valence-electron chi connectivity index (χ3n) is 7.47. The van der Waals surface area contributed by atoms with Gasteiger partial charge in [-0.1, -0.05) is 60.7 Å². The van der Waals surface area contributed by atoms with Crippen LogP contribution >= 0.6 is 0 Å². The first-order valence-corrected chi connectivity index (χ1v) is 13.6. The molecule has 6 nitrogen and oxygen atoms in total. The molecule has 1 aliphatic carbocycles. The van der Waals surface area contributed by atoms with Crippen LogP contribution in [0.1, 0.15) is 28.7 Å². The molecule has 1 N–H and O–H groups in total. The van der Waals surface area contributed by atoms with E-state index in [-0.39, 0.29) is 34.3 Å². The molecule has 1 fully saturated rings. The molecule has 0 bridgehead atoms. The Morgan fingerprint density at radius 1 is 0.977 bits per heavy atom. The number of carbonyl (C=O) groups is 1. The standard InChI is InChI=1S/C34H24F3N5O/c1-20-12-13-39-18-27(20)26-14-23-16-29(41-33(43)25-15-24(25)17-38)40-19-28(23)32(30(26)34(35,36)37)42-31(21-8-4-2-5-9-21)22-10-6-3-7-11-22/h2-14,16,18-19,24-25H,15H2,1H3,(H,40,41,43)/t24-,25+/m0/s1. The van der Waals surface area contributed by atoms with Crippen molar-refractivity contribution in [2.24, 2.45) is 16.8 Å². The van der Waals surface area contributed by atoms with Gasteiger partial charge in [-0.25, -0.2) is 9.98 Å². The second-order valence-corrected chi connectivity index (χ2v) is 10.4. The minimum Gasteiger partial charge on any atom is -0.310 e. The van der Waals surface area contributed by atoms with Crippen molar-refractivity contribution in [3.8, 4) is 17.2 Å². The van der Waals surface area contributed by atoms with Crippen LogP contribution in [0.2, 0.25) is 0 Å². The summed E-state index contributed by atoms with van der Waals surface area (Å²) in [6, 6.07) is 24.8. The number of aromatic nitrogens is 2. The second kappa shape index (κ2) is 11.1. The van der Waals surface area contributed by atoms with E-state index in [0.29, 0.717) is 39.8 Å². The van der Waals surface area contributed by atoms with Crippen molar-refractivity contribution in [3.05, 3.63) is 120 Å². The Hall–Kier alpha value is -5.36. The zero-order valence-electron chi connectivity index (χ0n) is 22.9. The Balaban J connectivity index is 1.64. The van der Waals surface area contributed by atoms with Gasteiger partial charge < -0.3 is 5.32 Å². The van der Waals surface area contributed by atoms with Crippen LogP contribution in [0.4, 0.5) is 24.7 Å². The molecule has 2 heterocycles. The Morgan fingerprint density at radius 3 is 2.23 bits per heavy atom. The van der Waals surface area contributed by atoms with Crippen LogP contribution in [-0.2, 0) is 11.0 Å². The van der Waals surface area contributed by atoms with Crippen molar-refractivity contribution in [2.45, 2.75) is 19.5 Å². The Kier molecular flexibility index (Phi) is 7.20. The number of aryl methyl sites for hydroxylation is 1. The van der Waals surface area contributed by atoms with Gasteiger partial charge in [0.1, 0.15) is 5.82 Å². The summed E-state index contributed by atoms with van der Waals surface area (Å²) in [4.78, 5) is 25.8. The predicted molar refractivity (Wildman–Crippen MR) is 159 cm³/mol. The molecule has 5 aromatic rings. The minimum atomic E-state index is -4.78. The first-order chi connectivity index (χ1) is 20.7. The number of alkyl halides is 3. The number of nitrogens with zero attached hydrogens (tertiary/aromatic N) is 4. The molecule has 9 heteroatoms. The lowest BCUT2D eigenvalue weighted by Gasteiger charge is -2.20. The van der Waals surface area contributed by atoms with Gasteiger partial charge >= 0.3 is 6.18 Å². The quantitative estimate of drug-likeness (QED) is 0.209. The molecular formula is C34H24F3N5O. The van der Waals surface area contributed by atoms with E-state index < -0.39 is 17.7 Å². The number of anilines is 1. The number of fused-ring (bicyclic) bond motifs is 1. The molecule has 0 saturated heterocycles. The molecule has 43 heavy (non-hydrogen) atoms. The summed E-state index contributed by atoms with van der Waals surface area (Å²) in [6.45, 7) is 1.73. The summed E-state index contributed by atoms with van der Waals surface area (Å²) in [5, 5.41) is 12.4. The number of amides is 1. The molecule has 2 aromatic heterocycles. The Morgan fingerprint density at radius 2 is 1.65 bits per heavy atom. The van der Waals surface area contributed by atoms with Gasteiger partial charge in [-0.05, 0) is 48.1 Å². The maximum absolute atomic E-state index is 15.1. The Labute approximate surface area is 245 Å². The number of benzene rings is 3. The minimum absolute atomic E-state index is 0.0833. The van der Waals surface area contributed by atoms with E-state index in [2.05, 4.69) is 21.4 Å². The average Bonchev–Trinajstić information content (AvgIpc) is 3.80. The first kappa shape index (κ1) is 27.8. The molecule has 212 valence electrons. The monoisotopic (exact) mass is 575 g/mol. The normalized spacial score (nSPS) is 15.9. The van der Waals surface area contributed by atoms with Crippen LogP contribution in [0.5, 0.6) is 0 Å². The fourth-order valence-electron chi connectivity index (χ4n) is 5.15. The third kappa shape index (κ3) is 5.60. The summed E-state index contributed by atoms with van der Waals surface area (Å²) in [5.74, 6) is -0.938. The van der Waals surface area contributed by atoms with Crippen LogP contribution in [0, 0.1) is 30.1 Å². The molecule has 0 radical (unpaired) electrons. The lowest BCUT2D eigenvalue weighted by atomic mass is 9.92. The maximum Gasteiger partial charge on any atom is 0.419 e. The molecular weight excluding hydrogens is 551 g/mol. The van der Waals surface area contributed by atoms with Crippen molar-refractivity contribution in [2.75, 3.05) is 5.32 Å². The highest BCUT2D eigenvalue weighted by Crippen LogP contribution is 2.48. The largest absolute Gasteiger partial charge is 0.419 e. The summed E-state index contributed by atoms with van der Waals surface area (Å²) in [6.07, 6.45) is -0.0715. The van der Waals surface area contributed by atoms with E-state index in [0.717, 1.165) is 0 Å². The molecule has 2 atom stereocenters. The zero-order valence-corrected chi connectivity index (χ0v) is 22.9. The predicted octanol–water partition coefficient (Wildman–Crippen LogP) is 7.89. The number of carbonyl (C=O) groups excluding carboxylic acids is 1. The first-order valence-electron chi connectivity index (χ1n) is 13.6. The number of nitrogens with one attached hydrogen (secondary N) is 1. The highest BCUT2D eigenvalue weighted by molar-refractivity contribution is 6.15. The van der Waals surface area contributed by atoms with Crippen molar-refractivity contribution in [1.82, 2.24) is 9.97 Å². The number of pyridine rings is 2. The number of halogens is 3. The van der Waals surface area contributed by atoms with E-state index in [1.54, 1.807) is 61.5 Å². The lowest BCUT2D eigenvalue weighted by Crippen LogP contribution is -2.15. The van der Waals surface area contributed by atoms with Crippen LogP contribution in [0.25, 0.3) is 21.9 Å². The lowest BCUT2D eigenvalue weighted by molar-refractivity contribution is -0.136. The molecule has 1 aliphatic rings. The summed E-state index contributed by atoms with van der Waals surface area (Å²) >= 11 is 0. The third-order valence-corrected chi connectivity index (χ3v) is 7.47. The second-order valence-electron chi connectivity index (χ2n) is 10.4. The summed E-state index contributed by atoms with van der Waals surface area (Å²) in [5.41, 5.74) is 1.29. The zero-order chi connectivity index (χ0) is 30.1. The van der Waals surface area contributed by atoms with E-state index >= 15 is 13.2 Å². The van der Waals surface area contributed by atoms with Gasteiger partial charge in [0.05, 0.1) is 34.9 Å². The topological polar surface area (TPSA) is 91.0 Å². The van der Waals surface area contributed by atoms with Crippen molar-refractivity contribution >= 4 is 33.9 Å². The molecule has 0 aliphatic heterocycles. The van der Waals surface area contributed by atoms with Gasteiger partial charge in [0.2, 0.25) is 5.91 Å². The van der Waals surface area contributed by atoms with Crippen LogP contribution < -0.4 is 5.32 Å². The average molecular weight is 576 g/mol. The number of rotatable bonds is 6. The van der Waals surface area contributed by atoms with Gasteiger partial charge in [0, 0.05) is 40.7 Å².